The van der Waals surface area contributed by atoms with Crippen LogP contribution >= 0.6 is 11.8 Å². The van der Waals surface area contributed by atoms with Gasteiger partial charge in [0.1, 0.15) is 23.4 Å². The Bertz CT molecular complexity index is 610. The van der Waals surface area contributed by atoms with Crippen LogP contribution in [0.3, 0.4) is 0 Å². The molecule has 0 bridgehead atoms. The Labute approximate surface area is 122 Å². The van der Waals surface area contributed by atoms with Crippen LogP contribution in [0.4, 0.5) is 0 Å². The molecular formula is C16H16O3S. The van der Waals surface area contributed by atoms with E-state index in [4.69, 9.17) is 9.47 Å². The van der Waals surface area contributed by atoms with Crippen molar-refractivity contribution in [3.8, 4) is 17.2 Å². The highest BCUT2D eigenvalue weighted by molar-refractivity contribution is 8.00. The second-order valence-electron chi connectivity index (χ2n) is 4.77. The third-order valence-electron chi connectivity index (χ3n) is 3.37. The van der Waals surface area contributed by atoms with Crippen molar-refractivity contribution in [2.75, 3.05) is 7.11 Å². The predicted octanol–water partition coefficient (Wildman–Crippen LogP) is 4.02. The largest absolute Gasteiger partial charge is 0.508 e. The van der Waals surface area contributed by atoms with Crippen LogP contribution in [0.1, 0.15) is 18.6 Å². The van der Waals surface area contributed by atoms with Crippen LogP contribution in [0.15, 0.2) is 47.4 Å². The molecule has 0 aromatic heterocycles. The minimum absolute atomic E-state index is 0.0276. The molecule has 2 aromatic rings. The van der Waals surface area contributed by atoms with E-state index >= 15 is 0 Å². The number of phenols is 1. The summed E-state index contributed by atoms with van der Waals surface area (Å²) in [7, 11) is 1.65. The van der Waals surface area contributed by atoms with Crippen LogP contribution < -0.4 is 9.47 Å². The van der Waals surface area contributed by atoms with Gasteiger partial charge in [-0.1, -0.05) is 12.1 Å². The molecule has 0 amide bonds. The lowest BCUT2D eigenvalue weighted by molar-refractivity contribution is 0.194. The zero-order chi connectivity index (χ0) is 14.1. The number of thioether (sulfide) groups is 1. The number of aromatic hydroxyl groups is 1. The number of rotatable bonds is 2. The van der Waals surface area contributed by atoms with Crippen molar-refractivity contribution in [2.45, 2.75) is 23.2 Å². The van der Waals surface area contributed by atoms with Crippen molar-refractivity contribution in [3.63, 3.8) is 0 Å². The number of ether oxygens (including phenoxy) is 2. The molecule has 0 aliphatic carbocycles. The van der Waals surface area contributed by atoms with Crippen LogP contribution in [0.25, 0.3) is 0 Å². The summed E-state index contributed by atoms with van der Waals surface area (Å²) in [6, 6.07) is 13.1. The molecule has 0 fully saturated rings. The van der Waals surface area contributed by atoms with Gasteiger partial charge in [-0.25, -0.2) is 0 Å². The summed E-state index contributed by atoms with van der Waals surface area (Å²) >= 11 is 1.80. The van der Waals surface area contributed by atoms with Gasteiger partial charge in [0.2, 0.25) is 0 Å². The monoisotopic (exact) mass is 288 g/mol. The van der Waals surface area contributed by atoms with Gasteiger partial charge in [-0.15, -0.1) is 11.8 Å². The number of phenolic OH excluding ortho intramolecular Hbond substituents is 1. The van der Waals surface area contributed by atoms with Crippen LogP contribution in [0.2, 0.25) is 0 Å². The lowest BCUT2D eigenvalue weighted by atomic mass is 10.1. The summed E-state index contributed by atoms with van der Waals surface area (Å²) in [6.45, 7) is 2.15. The second kappa shape index (κ2) is 5.29. The van der Waals surface area contributed by atoms with Crippen molar-refractivity contribution in [1.82, 2.24) is 0 Å². The molecule has 3 rings (SSSR count). The second-order valence-corrected chi connectivity index (χ2v) is 6.18. The van der Waals surface area contributed by atoms with Crippen molar-refractivity contribution in [3.05, 3.63) is 48.0 Å². The average molecular weight is 288 g/mol. The van der Waals surface area contributed by atoms with Gasteiger partial charge in [0, 0.05) is 11.3 Å². The number of hydrogen-bond acceptors (Lipinski definition) is 4. The highest BCUT2D eigenvalue weighted by Gasteiger charge is 2.29. The first kappa shape index (κ1) is 13.2. The lowest BCUT2D eigenvalue weighted by Gasteiger charge is -2.31. The van der Waals surface area contributed by atoms with E-state index in [1.54, 1.807) is 31.0 Å². The van der Waals surface area contributed by atoms with Gasteiger partial charge in [0.05, 0.1) is 12.0 Å². The Morgan fingerprint density at radius 1 is 1.15 bits per heavy atom. The fourth-order valence-corrected chi connectivity index (χ4v) is 3.41. The summed E-state index contributed by atoms with van der Waals surface area (Å²) in [4.78, 5) is 1.13. The zero-order valence-electron chi connectivity index (χ0n) is 11.4. The van der Waals surface area contributed by atoms with Crippen molar-refractivity contribution in [1.29, 1.82) is 0 Å². The maximum atomic E-state index is 9.38. The van der Waals surface area contributed by atoms with E-state index in [1.165, 1.54) is 0 Å². The minimum Gasteiger partial charge on any atom is -0.508 e. The molecule has 0 spiro atoms. The Hall–Kier alpha value is -1.81. The molecule has 0 radical (unpaired) electrons. The first-order valence-corrected chi connectivity index (χ1v) is 7.35. The van der Waals surface area contributed by atoms with Gasteiger partial charge < -0.3 is 14.6 Å². The fourth-order valence-electron chi connectivity index (χ4n) is 2.30. The van der Waals surface area contributed by atoms with Crippen LogP contribution in [0.5, 0.6) is 17.2 Å². The maximum absolute atomic E-state index is 9.38. The lowest BCUT2D eigenvalue weighted by Crippen LogP contribution is -2.22. The summed E-state index contributed by atoms with van der Waals surface area (Å²) in [5.41, 5.74) is 1.07. The first-order chi connectivity index (χ1) is 9.67. The molecular weight excluding hydrogens is 272 g/mol. The van der Waals surface area contributed by atoms with Gasteiger partial charge in [0.15, 0.2) is 0 Å². The van der Waals surface area contributed by atoms with Gasteiger partial charge in [-0.05, 0) is 36.8 Å². The van der Waals surface area contributed by atoms with Crippen molar-refractivity contribution >= 4 is 11.8 Å². The zero-order valence-corrected chi connectivity index (χ0v) is 12.2. The molecule has 0 unspecified atom stereocenters. The summed E-state index contributed by atoms with van der Waals surface area (Å²) in [5, 5.41) is 9.69. The number of benzene rings is 2. The number of hydrogen-bond donors (Lipinski definition) is 1. The van der Waals surface area contributed by atoms with Gasteiger partial charge in [0.25, 0.3) is 0 Å². The van der Waals surface area contributed by atoms with E-state index in [0.717, 1.165) is 22.0 Å². The first-order valence-electron chi connectivity index (χ1n) is 6.47. The van der Waals surface area contributed by atoms with E-state index in [-0.39, 0.29) is 11.9 Å². The highest BCUT2D eigenvalue weighted by atomic mass is 32.2. The quantitative estimate of drug-likeness (QED) is 0.906. The molecule has 0 saturated carbocycles. The summed E-state index contributed by atoms with van der Waals surface area (Å²) in [6.07, 6.45) is -0.0276. The molecule has 0 saturated heterocycles. The van der Waals surface area contributed by atoms with Gasteiger partial charge >= 0.3 is 0 Å². The average Bonchev–Trinajstić information content (AvgIpc) is 2.47. The molecule has 1 heterocycles. The van der Waals surface area contributed by atoms with E-state index in [9.17, 15) is 5.11 Å². The third kappa shape index (κ3) is 2.43. The maximum Gasteiger partial charge on any atom is 0.137 e. The Kier molecular flexibility index (Phi) is 3.49. The molecule has 3 nitrogen and oxygen atoms in total. The number of methoxy groups -OCH3 is 1. The van der Waals surface area contributed by atoms with Crippen LogP contribution in [-0.2, 0) is 0 Å². The molecule has 1 aliphatic heterocycles. The van der Waals surface area contributed by atoms with E-state index in [1.807, 2.05) is 30.3 Å². The minimum atomic E-state index is -0.0276. The SMILES string of the molecule is COc1ccc2c(c1)O[C@@H](c1ccc(O)cc1)[C@H](C)S2. The van der Waals surface area contributed by atoms with Crippen molar-refractivity contribution < 1.29 is 14.6 Å². The van der Waals surface area contributed by atoms with Crippen LogP contribution in [0, 0.1) is 0 Å². The summed E-state index contributed by atoms with van der Waals surface area (Å²) in [5.74, 6) is 1.92. The van der Waals surface area contributed by atoms with Gasteiger partial charge in [-0.2, -0.15) is 0 Å². The topological polar surface area (TPSA) is 38.7 Å². The molecule has 4 heteroatoms. The molecule has 104 valence electrons. The highest BCUT2D eigenvalue weighted by Crippen LogP contribution is 2.46. The van der Waals surface area contributed by atoms with E-state index in [0.29, 0.717) is 5.25 Å². The summed E-state index contributed by atoms with van der Waals surface area (Å²) < 4.78 is 11.4. The Morgan fingerprint density at radius 3 is 2.60 bits per heavy atom. The van der Waals surface area contributed by atoms with E-state index in [2.05, 4.69) is 6.92 Å². The normalized spacial score (nSPS) is 20.9. The number of fused-ring (bicyclic) bond motifs is 1. The molecule has 1 N–H and O–H groups in total. The molecule has 1 aliphatic rings. The molecule has 2 atom stereocenters. The fraction of sp³-hybridized carbons (Fsp3) is 0.250. The Morgan fingerprint density at radius 2 is 1.90 bits per heavy atom. The third-order valence-corrected chi connectivity index (χ3v) is 4.58. The Balaban J connectivity index is 1.92. The van der Waals surface area contributed by atoms with Crippen molar-refractivity contribution in [2.24, 2.45) is 0 Å². The van der Waals surface area contributed by atoms with Gasteiger partial charge in [-0.3, -0.25) is 0 Å². The van der Waals surface area contributed by atoms with Crippen LogP contribution in [-0.4, -0.2) is 17.5 Å². The smallest absolute Gasteiger partial charge is 0.137 e. The van der Waals surface area contributed by atoms with E-state index < -0.39 is 0 Å². The molecule has 20 heavy (non-hydrogen) atoms. The molecule has 2 aromatic carbocycles. The standard InChI is InChI=1S/C16H16O3S/c1-10-16(11-3-5-12(17)6-4-11)19-14-9-13(18-2)7-8-15(14)20-10/h3-10,16-17H,1-2H3/t10-,16+/m0/s1. The predicted molar refractivity (Wildman–Crippen MR) is 79.8 cm³/mol.